The van der Waals surface area contributed by atoms with Crippen molar-refractivity contribution >= 4 is 17.7 Å². The van der Waals surface area contributed by atoms with Crippen LogP contribution in [0.25, 0.3) is 17.1 Å². The molecular weight excluding hydrogens is 384 g/mol. The first kappa shape index (κ1) is 20.9. The normalized spacial score (nSPS) is 11.0. The average molecular weight is 411 g/mol. The molecule has 0 fully saturated rings. The van der Waals surface area contributed by atoms with E-state index in [2.05, 4.69) is 36.2 Å². The van der Waals surface area contributed by atoms with Gasteiger partial charge in [-0.25, -0.2) is 0 Å². The summed E-state index contributed by atoms with van der Waals surface area (Å²) in [7, 11) is 5.15. The molecule has 0 unspecified atom stereocenters. The first-order valence-electron chi connectivity index (χ1n) is 9.44. The fraction of sp³-hybridized carbons (Fsp3) is 0.318. The molecule has 0 saturated carbocycles. The Bertz CT molecular complexity index is 981. The first-order chi connectivity index (χ1) is 13.9. The molecule has 7 heteroatoms. The van der Waals surface area contributed by atoms with Crippen molar-refractivity contribution in [1.82, 2.24) is 19.7 Å². The zero-order valence-electron chi connectivity index (χ0n) is 17.4. The van der Waals surface area contributed by atoms with Crippen molar-refractivity contribution in [2.24, 2.45) is 0 Å². The zero-order chi connectivity index (χ0) is 21.0. The van der Waals surface area contributed by atoms with E-state index in [9.17, 15) is 4.79 Å². The van der Waals surface area contributed by atoms with Crippen molar-refractivity contribution in [3.8, 4) is 22.8 Å². The molecule has 0 spiro atoms. The van der Waals surface area contributed by atoms with Crippen molar-refractivity contribution in [3.05, 3.63) is 54.1 Å². The number of carbonyl (C=O) groups is 1. The molecule has 6 nitrogen and oxygen atoms in total. The summed E-state index contributed by atoms with van der Waals surface area (Å²) in [6.07, 6.45) is 0. The maximum Gasteiger partial charge on any atom is 0.232 e. The van der Waals surface area contributed by atoms with E-state index < -0.39 is 0 Å². The summed E-state index contributed by atoms with van der Waals surface area (Å²) < 4.78 is 7.32. The highest BCUT2D eigenvalue weighted by Crippen LogP contribution is 2.32. The van der Waals surface area contributed by atoms with Crippen LogP contribution in [-0.4, -0.2) is 52.5 Å². The summed E-state index contributed by atoms with van der Waals surface area (Å²) in [5.41, 5.74) is 3.16. The van der Waals surface area contributed by atoms with Gasteiger partial charge in [0.05, 0.1) is 18.6 Å². The Labute approximate surface area is 175 Å². The largest absolute Gasteiger partial charge is 0.497 e. The van der Waals surface area contributed by atoms with Crippen LogP contribution in [0.3, 0.4) is 0 Å². The lowest BCUT2D eigenvalue weighted by Gasteiger charge is -2.17. The number of carbonyl (C=O) groups excluding carboxylic acids is 1. The molecule has 3 rings (SSSR count). The van der Waals surface area contributed by atoms with Gasteiger partial charge in [-0.15, -0.1) is 10.2 Å². The summed E-state index contributed by atoms with van der Waals surface area (Å²) in [5, 5.41) is 9.58. The van der Waals surface area contributed by atoms with Crippen LogP contribution in [0, 0.1) is 0 Å². The van der Waals surface area contributed by atoms with E-state index in [-0.39, 0.29) is 5.91 Å². The van der Waals surface area contributed by atoms with Crippen LogP contribution >= 0.6 is 11.8 Å². The molecule has 0 N–H and O–H groups in total. The van der Waals surface area contributed by atoms with Gasteiger partial charge in [-0.2, -0.15) is 0 Å². The molecule has 1 heterocycles. The molecule has 29 heavy (non-hydrogen) atoms. The van der Waals surface area contributed by atoms with Crippen molar-refractivity contribution < 1.29 is 9.53 Å². The second-order valence-corrected chi connectivity index (χ2v) is 8.10. The summed E-state index contributed by atoms with van der Waals surface area (Å²) in [5.74, 6) is 2.19. The van der Waals surface area contributed by atoms with Gasteiger partial charge in [-0.05, 0) is 41.8 Å². The van der Waals surface area contributed by atoms with Crippen LogP contribution in [0.4, 0.5) is 0 Å². The molecule has 0 aliphatic carbocycles. The third kappa shape index (κ3) is 4.62. The Hall–Kier alpha value is -2.80. The minimum Gasteiger partial charge on any atom is -0.497 e. The third-order valence-corrected chi connectivity index (χ3v) is 5.52. The number of hydrogen-bond acceptors (Lipinski definition) is 5. The van der Waals surface area contributed by atoms with Crippen LogP contribution in [0.5, 0.6) is 5.75 Å². The number of rotatable bonds is 7. The number of thioether (sulfide) groups is 1. The van der Waals surface area contributed by atoms with Gasteiger partial charge in [0.15, 0.2) is 11.0 Å². The van der Waals surface area contributed by atoms with Gasteiger partial charge in [0.2, 0.25) is 5.91 Å². The molecule has 152 valence electrons. The minimum atomic E-state index is 0.0349. The summed E-state index contributed by atoms with van der Waals surface area (Å²) >= 11 is 1.40. The van der Waals surface area contributed by atoms with Crippen LogP contribution in [-0.2, 0) is 4.79 Å². The molecule has 0 atom stereocenters. The zero-order valence-corrected chi connectivity index (χ0v) is 18.2. The van der Waals surface area contributed by atoms with Crippen molar-refractivity contribution in [3.63, 3.8) is 0 Å². The Morgan fingerprint density at radius 3 is 2.41 bits per heavy atom. The van der Waals surface area contributed by atoms with Gasteiger partial charge < -0.3 is 9.64 Å². The second-order valence-electron chi connectivity index (χ2n) is 7.16. The maximum atomic E-state index is 12.1. The lowest BCUT2D eigenvalue weighted by Crippen LogP contribution is -2.23. The molecule has 2 aromatic carbocycles. The predicted molar refractivity (Wildman–Crippen MR) is 117 cm³/mol. The fourth-order valence-corrected chi connectivity index (χ4v) is 3.87. The van der Waals surface area contributed by atoms with E-state index in [0.717, 1.165) is 22.8 Å². The van der Waals surface area contributed by atoms with E-state index in [1.807, 2.05) is 41.0 Å². The predicted octanol–water partition coefficient (Wildman–Crippen LogP) is 4.25. The molecule has 1 amide bonds. The highest BCUT2D eigenvalue weighted by Gasteiger charge is 2.20. The smallest absolute Gasteiger partial charge is 0.232 e. The van der Waals surface area contributed by atoms with Crippen LogP contribution in [0.1, 0.15) is 25.3 Å². The number of aromatic nitrogens is 3. The highest BCUT2D eigenvalue weighted by molar-refractivity contribution is 7.99. The number of ether oxygens (including phenoxy) is 1. The van der Waals surface area contributed by atoms with Crippen molar-refractivity contribution in [2.75, 3.05) is 27.0 Å². The van der Waals surface area contributed by atoms with E-state index in [1.165, 1.54) is 17.3 Å². The molecule has 1 aromatic heterocycles. The van der Waals surface area contributed by atoms with E-state index in [4.69, 9.17) is 4.74 Å². The van der Waals surface area contributed by atoms with E-state index >= 15 is 0 Å². The van der Waals surface area contributed by atoms with Gasteiger partial charge in [0, 0.05) is 19.7 Å². The molecule has 0 aliphatic rings. The molecule has 0 aliphatic heterocycles. The number of benzene rings is 2. The van der Waals surface area contributed by atoms with Crippen LogP contribution in [0.2, 0.25) is 0 Å². The van der Waals surface area contributed by atoms with E-state index in [0.29, 0.717) is 16.8 Å². The van der Waals surface area contributed by atoms with Gasteiger partial charge in [-0.1, -0.05) is 43.8 Å². The SMILES string of the molecule is COc1ccc(-c2nnc(SCC(=O)N(C)C)n2-c2ccccc2C(C)C)cc1. The highest BCUT2D eigenvalue weighted by atomic mass is 32.2. The fourth-order valence-electron chi connectivity index (χ4n) is 2.94. The quantitative estimate of drug-likeness (QED) is 0.545. The van der Waals surface area contributed by atoms with Crippen LogP contribution < -0.4 is 4.74 Å². The Morgan fingerprint density at radius 1 is 1.10 bits per heavy atom. The number of amides is 1. The van der Waals surface area contributed by atoms with Crippen molar-refractivity contribution in [2.45, 2.75) is 24.9 Å². The Morgan fingerprint density at radius 2 is 1.79 bits per heavy atom. The monoisotopic (exact) mass is 410 g/mol. The van der Waals surface area contributed by atoms with Gasteiger partial charge >= 0.3 is 0 Å². The minimum absolute atomic E-state index is 0.0349. The number of methoxy groups -OCH3 is 1. The maximum absolute atomic E-state index is 12.1. The summed E-state index contributed by atoms with van der Waals surface area (Å²) in [6.45, 7) is 4.33. The number of para-hydroxylation sites is 1. The number of hydrogen-bond donors (Lipinski definition) is 0. The summed E-state index contributed by atoms with van der Waals surface area (Å²) in [4.78, 5) is 13.7. The molecule has 0 radical (unpaired) electrons. The molecule has 3 aromatic rings. The van der Waals surface area contributed by atoms with Crippen molar-refractivity contribution in [1.29, 1.82) is 0 Å². The Kier molecular flexibility index (Phi) is 6.59. The lowest BCUT2D eigenvalue weighted by molar-refractivity contribution is -0.125. The first-order valence-corrected chi connectivity index (χ1v) is 10.4. The standard InChI is InChI=1S/C22H26N4O2S/c1-15(2)18-8-6-7-9-19(18)26-21(16-10-12-17(28-5)13-11-16)23-24-22(26)29-14-20(27)25(3)4/h6-13,15H,14H2,1-5H3. The summed E-state index contributed by atoms with van der Waals surface area (Å²) in [6, 6.07) is 16.0. The topological polar surface area (TPSA) is 60.3 Å². The lowest BCUT2D eigenvalue weighted by atomic mass is 10.0. The van der Waals surface area contributed by atoms with E-state index in [1.54, 1.807) is 26.1 Å². The molecule has 0 bridgehead atoms. The third-order valence-electron chi connectivity index (χ3n) is 4.60. The van der Waals surface area contributed by atoms with Gasteiger partial charge in [0.1, 0.15) is 5.75 Å². The average Bonchev–Trinajstić information content (AvgIpc) is 3.15. The van der Waals surface area contributed by atoms with Gasteiger partial charge in [0.25, 0.3) is 0 Å². The Balaban J connectivity index is 2.11. The molecular formula is C22H26N4O2S. The second kappa shape index (κ2) is 9.13. The van der Waals surface area contributed by atoms with Gasteiger partial charge in [-0.3, -0.25) is 9.36 Å². The molecule has 0 saturated heterocycles. The van der Waals surface area contributed by atoms with Crippen LogP contribution in [0.15, 0.2) is 53.7 Å². The number of nitrogens with zero attached hydrogens (tertiary/aromatic N) is 4.